The van der Waals surface area contributed by atoms with Crippen molar-refractivity contribution in [1.82, 2.24) is 15.2 Å². The SMILES string of the molecule is CCOC(=O)N1CCc2c([nH]c3ccc(Cl)cc23)[C@@H]1c1ccc(OCCC(O)CNC(=O)CC)cc1. The van der Waals surface area contributed by atoms with Gasteiger partial charge in [0.2, 0.25) is 5.91 Å². The van der Waals surface area contributed by atoms with Gasteiger partial charge in [0.25, 0.3) is 0 Å². The van der Waals surface area contributed by atoms with E-state index in [2.05, 4.69) is 10.3 Å². The van der Waals surface area contributed by atoms with Crippen molar-refractivity contribution in [3.05, 3.63) is 64.3 Å². The van der Waals surface area contributed by atoms with Crippen molar-refractivity contribution in [1.29, 1.82) is 0 Å². The Bertz CT molecular complexity index is 1210. The molecule has 192 valence electrons. The molecule has 1 unspecified atom stereocenters. The molecule has 1 aliphatic heterocycles. The molecule has 3 N–H and O–H groups in total. The van der Waals surface area contributed by atoms with Crippen LogP contribution < -0.4 is 10.1 Å². The van der Waals surface area contributed by atoms with Crippen molar-refractivity contribution in [2.45, 2.75) is 45.3 Å². The van der Waals surface area contributed by atoms with Gasteiger partial charge in [-0.3, -0.25) is 9.69 Å². The fourth-order valence-electron chi connectivity index (χ4n) is 4.53. The van der Waals surface area contributed by atoms with Crippen molar-refractivity contribution < 1.29 is 24.2 Å². The minimum atomic E-state index is -0.672. The van der Waals surface area contributed by atoms with Crippen LogP contribution in [0.3, 0.4) is 0 Å². The summed E-state index contributed by atoms with van der Waals surface area (Å²) < 4.78 is 11.2. The minimum Gasteiger partial charge on any atom is -0.493 e. The molecule has 1 aliphatic rings. The van der Waals surface area contributed by atoms with Crippen LogP contribution in [0.25, 0.3) is 10.9 Å². The van der Waals surface area contributed by atoms with Gasteiger partial charge >= 0.3 is 6.09 Å². The van der Waals surface area contributed by atoms with E-state index >= 15 is 0 Å². The Hall–Kier alpha value is -3.23. The summed E-state index contributed by atoms with van der Waals surface area (Å²) in [4.78, 5) is 29.4. The maximum atomic E-state index is 12.8. The number of aliphatic hydroxyl groups excluding tert-OH is 1. The van der Waals surface area contributed by atoms with E-state index < -0.39 is 6.10 Å². The molecule has 0 aliphatic carbocycles. The van der Waals surface area contributed by atoms with Crippen LogP contribution >= 0.6 is 11.6 Å². The van der Waals surface area contributed by atoms with Gasteiger partial charge in [0.05, 0.1) is 19.3 Å². The molecule has 1 aromatic heterocycles. The number of nitrogens with one attached hydrogen (secondary N) is 2. The number of benzene rings is 2. The zero-order chi connectivity index (χ0) is 25.7. The van der Waals surface area contributed by atoms with Crippen LogP contribution in [0.15, 0.2) is 42.5 Å². The van der Waals surface area contributed by atoms with Gasteiger partial charge in [-0.25, -0.2) is 4.79 Å². The number of aromatic nitrogens is 1. The molecule has 0 radical (unpaired) electrons. The predicted octanol–water partition coefficient (Wildman–Crippen LogP) is 4.58. The Morgan fingerprint density at radius 3 is 2.72 bits per heavy atom. The van der Waals surface area contributed by atoms with E-state index in [1.54, 1.807) is 18.7 Å². The summed E-state index contributed by atoms with van der Waals surface area (Å²) in [5.74, 6) is 0.567. The number of aliphatic hydroxyl groups is 1. The first kappa shape index (κ1) is 25.9. The van der Waals surface area contributed by atoms with Crippen LogP contribution in [-0.2, 0) is 16.0 Å². The third-order valence-electron chi connectivity index (χ3n) is 6.36. The molecule has 2 atom stereocenters. The fourth-order valence-corrected chi connectivity index (χ4v) is 4.70. The maximum Gasteiger partial charge on any atom is 0.410 e. The summed E-state index contributed by atoms with van der Waals surface area (Å²) in [5, 5.41) is 14.4. The number of aromatic amines is 1. The maximum absolute atomic E-state index is 12.8. The smallest absolute Gasteiger partial charge is 0.410 e. The van der Waals surface area contributed by atoms with Crippen LogP contribution in [0, 0.1) is 0 Å². The number of carbonyl (C=O) groups excluding carboxylic acids is 2. The minimum absolute atomic E-state index is 0.0913. The van der Waals surface area contributed by atoms with Crippen LogP contribution in [-0.4, -0.2) is 59.4 Å². The summed E-state index contributed by atoms with van der Waals surface area (Å²) in [7, 11) is 0. The Labute approximate surface area is 215 Å². The van der Waals surface area contributed by atoms with Gasteiger partial charge in [-0.2, -0.15) is 0 Å². The van der Waals surface area contributed by atoms with Crippen LogP contribution in [0.2, 0.25) is 5.02 Å². The number of amides is 2. The number of H-pyrrole nitrogens is 1. The van der Waals surface area contributed by atoms with Crippen LogP contribution in [0.5, 0.6) is 5.75 Å². The van der Waals surface area contributed by atoms with Crippen molar-refractivity contribution in [2.24, 2.45) is 0 Å². The molecule has 0 fully saturated rings. The van der Waals surface area contributed by atoms with Crippen molar-refractivity contribution in [3.63, 3.8) is 0 Å². The highest BCUT2D eigenvalue weighted by Crippen LogP contribution is 2.39. The number of halogens is 1. The molecule has 36 heavy (non-hydrogen) atoms. The fraction of sp³-hybridized carbons (Fsp3) is 0.407. The van der Waals surface area contributed by atoms with E-state index in [0.29, 0.717) is 49.8 Å². The zero-order valence-electron chi connectivity index (χ0n) is 20.6. The van der Waals surface area contributed by atoms with Crippen LogP contribution in [0.1, 0.15) is 49.6 Å². The highest BCUT2D eigenvalue weighted by Gasteiger charge is 2.35. The lowest BCUT2D eigenvalue weighted by molar-refractivity contribution is -0.121. The molecular formula is C27H32ClN3O5. The summed E-state index contributed by atoms with van der Waals surface area (Å²) in [6, 6.07) is 13.0. The second-order valence-corrected chi connectivity index (χ2v) is 9.21. The number of carbonyl (C=O) groups is 2. The number of hydrogen-bond acceptors (Lipinski definition) is 5. The molecule has 2 heterocycles. The molecule has 4 rings (SSSR count). The van der Waals surface area contributed by atoms with E-state index in [1.165, 1.54) is 0 Å². The highest BCUT2D eigenvalue weighted by molar-refractivity contribution is 6.31. The average Bonchev–Trinajstić information content (AvgIpc) is 3.25. The normalized spacial score (nSPS) is 15.9. The van der Waals surface area contributed by atoms with Gasteiger partial charge in [-0.05, 0) is 54.8 Å². The number of fused-ring (bicyclic) bond motifs is 3. The Kier molecular flexibility index (Phi) is 8.38. The largest absolute Gasteiger partial charge is 0.493 e. The van der Waals surface area contributed by atoms with E-state index in [1.807, 2.05) is 42.5 Å². The number of hydrogen-bond donors (Lipinski definition) is 3. The second-order valence-electron chi connectivity index (χ2n) is 8.77. The molecule has 8 nitrogen and oxygen atoms in total. The average molecular weight is 514 g/mol. The Morgan fingerprint density at radius 1 is 1.22 bits per heavy atom. The van der Waals surface area contributed by atoms with Gasteiger partial charge < -0.3 is 24.9 Å². The summed E-state index contributed by atoms with van der Waals surface area (Å²) in [5.41, 5.74) is 4.02. The van der Waals surface area contributed by atoms with Gasteiger partial charge in [0, 0.05) is 47.6 Å². The zero-order valence-corrected chi connectivity index (χ0v) is 21.3. The predicted molar refractivity (Wildman–Crippen MR) is 138 cm³/mol. The number of rotatable bonds is 9. The third kappa shape index (κ3) is 5.77. The van der Waals surface area contributed by atoms with E-state index in [9.17, 15) is 14.7 Å². The molecule has 0 bridgehead atoms. The summed E-state index contributed by atoms with van der Waals surface area (Å²) >= 11 is 6.26. The first-order valence-electron chi connectivity index (χ1n) is 12.3. The molecule has 3 aromatic rings. The molecule has 0 spiro atoms. The standard InChI is InChI=1S/C27H32ClN3O5/c1-3-24(33)29-16-19(32)12-14-36-20-8-5-17(6-9-20)26-25-21(11-13-31(26)27(34)35-4-2)22-15-18(28)7-10-23(22)30-25/h5-10,15,19,26,30,32H,3-4,11-14,16H2,1-2H3,(H,29,33)/t19?,26-/m0/s1. The van der Waals surface area contributed by atoms with Gasteiger partial charge in [0.15, 0.2) is 0 Å². The van der Waals surface area contributed by atoms with Crippen molar-refractivity contribution >= 4 is 34.5 Å². The Morgan fingerprint density at radius 2 is 2.00 bits per heavy atom. The topological polar surface area (TPSA) is 104 Å². The third-order valence-corrected chi connectivity index (χ3v) is 6.60. The van der Waals surface area contributed by atoms with Crippen molar-refractivity contribution in [2.75, 3.05) is 26.3 Å². The van der Waals surface area contributed by atoms with E-state index in [-0.39, 0.29) is 24.6 Å². The number of nitrogens with zero attached hydrogens (tertiary/aromatic N) is 1. The van der Waals surface area contributed by atoms with Gasteiger partial charge in [-0.1, -0.05) is 30.7 Å². The molecular weight excluding hydrogens is 482 g/mol. The molecule has 0 saturated carbocycles. The van der Waals surface area contributed by atoms with Gasteiger partial charge in [0.1, 0.15) is 11.8 Å². The monoisotopic (exact) mass is 513 g/mol. The second kappa shape index (κ2) is 11.7. The molecule has 9 heteroatoms. The lowest BCUT2D eigenvalue weighted by Gasteiger charge is -2.35. The van der Waals surface area contributed by atoms with Crippen LogP contribution in [0.4, 0.5) is 4.79 Å². The lowest BCUT2D eigenvalue weighted by atomic mass is 9.92. The molecule has 2 amide bonds. The van der Waals surface area contributed by atoms with Crippen molar-refractivity contribution in [3.8, 4) is 5.75 Å². The highest BCUT2D eigenvalue weighted by atomic mass is 35.5. The van der Waals surface area contributed by atoms with Gasteiger partial charge in [-0.15, -0.1) is 0 Å². The summed E-state index contributed by atoms with van der Waals surface area (Å²) in [6.45, 7) is 4.92. The number of ether oxygens (including phenoxy) is 2. The Balaban J connectivity index is 1.51. The first-order valence-corrected chi connectivity index (χ1v) is 12.7. The first-order chi connectivity index (χ1) is 17.4. The van der Waals surface area contributed by atoms with E-state index in [4.69, 9.17) is 21.1 Å². The quantitative estimate of drug-likeness (QED) is 0.388. The molecule has 2 aromatic carbocycles. The van der Waals surface area contributed by atoms with E-state index in [0.717, 1.165) is 27.7 Å². The summed E-state index contributed by atoms with van der Waals surface area (Å²) in [6.07, 6.45) is 0.459. The lowest BCUT2D eigenvalue weighted by Crippen LogP contribution is -2.40. The molecule has 0 saturated heterocycles.